The van der Waals surface area contributed by atoms with E-state index in [4.69, 9.17) is 5.73 Å². The monoisotopic (exact) mass is 320 g/mol. The van der Waals surface area contributed by atoms with Crippen LogP contribution < -0.4 is 10.0 Å². The van der Waals surface area contributed by atoms with Gasteiger partial charge in [-0.25, -0.2) is 8.42 Å². The van der Waals surface area contributed by atoms with Crippen molar-refractivity contribution in [2.45, 2.75) is 31.2 Å². The lowest BCUT2D eigenvalue weighted by atomic mass is 10.0. The average Bonchev–Trinajstić information content (AvgIpc) is 2.71. The third kappa shape index (κ3) is 2.21. The normalized spacial score (nSPS) is 18.4. The van der Waals surface area contributed by atoms with Crippen LogP contribution in [0.1, 0.15) is 17.0 Å². The third-order valence-electron chi connectivity index (χ3n) is 4.13. The SMILES string of the molecule is Cc1nn(C)c(C)c1S(=O)(=O)N1CC(N)Cc2ccccc21. The Morgan fingerprint density at radius 3 is 2.59 bits per heavy atom. The maximum atomic E-state index is 13.2. The zero-order chi connectivity index (χ0) is 16.1. The summed E-state index contributed by atoms with van der Waals surface area (Å²) in [6.07, 6.45) is 0.688. The molecule has 2 N–H and O–H groups in total. The summed E-state index contributed by atoms with van der Waals surface area (Å²) in [4.78, 5) is 0.277. The lowest BCUT2D eigenvalue weighted by molar-refractivity contribution is 0.574. The van der Waals surface area contributed by atoms with Crippen molar-refractivity contribution in [1.29, 1.82) is 0 Å². The van der Waals surface area contributed by atoms with Gasteiger partial charge in [-0.2, -0.15) is 5.10 Å². The summed E-state index contributed by atoms with van der Waals surface area (Å²) in [6.45, 7) is 3.77. The number of para-hydroxylation sites is 1. The number of aromatic nitrogens is 2. The highest BCUT2D eigenvalue weighted by molar-refractivity contribution is 7.93. The molecule has 1 aliphatic heterocycles. The van der Waals surface area contributed by atoms with Gasteiger partial charge in [-0.1, -0.05) is 18.2 Å². The van der Waals surface area contributed by atoms with Gasteiger partial charge in [-0.3, -0.25) is 8.99 Å². The van der Waals surface area contributed by atoms with Crippen LogP contribution in [0.3, 0.4) is 0 Å². The van der Waals surface area contributed by atoms with Gasteiger partial charge in [0.15, 0.2) is 0 Å². The van der Waals surface area contributed by atoms with E-state index < -0.39 is 10.0 Å². The van der Waals surface area contributed by atoms with E-state index in [1.54, 1.807) is 25.6 Å². The molecule has 1 aromatic carbocycles. The van der Waals surface area contributed by atoms with Crippen molar-refractivity contribution in [3.05, 3.63) is 41.2 Å². The van der Waals surface area contributed by atoms with E-state index in [2.05, 4.69) is 5.10 Å². The molecule has 0 aliphatic carbocycles. The highest BCUT2D eigenvalue weighted by Crippen LogP contribution is 2.33. The first kappa shape index (κ1) is 15.1. The number of nitrogens with two attached hydrogens (primary N) is 1. The Labute approximate surface area is 130 Å². The maximum absolute atomic E-state index is 13.2. The van der Waals surface area contributed by atoms with Crippen LogP contribution in [0.2, 0.25) is 0 Å². The summed E-state index contributed by atoms with van der Waals surface area (Å²) >= 11 is 0. The topological polar surface area (TPSA) is 81.2 Å². The molecule has 1 unspecified atom stereocenters. The summed E-state index contributed by atoms with van der Waals surface area (Å²) in [5.74, 6) is 0. The molecule has 1 aliphatic rings. The predicted molar refractivity (Wildman–Crippen MR) is 85.3 cm³/mol. The molecule has 0 fully saturated rings. The highest BCUT2D eigenvalue weighted by Gasteiger charge is 2.35. The Balaban J connectivity index is 2.18. The summed E-state index contributed by atoms with van der Waals surface area (Å²) in [7, 11) is -1.93. The van der Waals surface area contributed by atoms with E-state index in [-0.39, 0.29) is 17.5 Å². The highest BCUT2D eigenvalue weighted by atomic mass is 32.2. The molecule has 6 nitrogen and oxygen atoms in total. The number of hydrogen-bond acceptors (Lipinski definition) is 4. The van der Waals surface area contributed by atoms with Crippen molar-refractivity contribution in [3.8, 4) is 0 Å². The Hall–Kier alpha value is -1.86. The first-order valence-electron chi connectivity index (χ1n) is 7.19. The number of anilines is 1. The van der Waals surface area contributed by atoms with Crippen LogP contribution in [0, 0.1) is 13.8 Å². The van der Waals surface area contributed by atoms with Gasteiger partial charge in [-0.05, 0) is 31.9 Å². The largest absolute Gasteiger partial charge is 0.326 e. The molecule has 0 bridgehead atoms. The number of rotatable bonds is 2. The van der Waals surface area contributed by atoms with Crippen LogP contribution in [-0.4, -0.2) is 30.8 Å². The Bertz CT molecular complexity index is 826. The van der Waals surface area contributed by atoms with Crippen LogP contribution in [-0.2, 0) is 23.5 Å². The Kier molecular flexibility index (Phi) is 3.49. The quantitative estimate of drug-likeness (QED) is 0.899. The van der Waals surface area contributed by atoms with Crippen LogP contribution in [0.4, 0.5) is 5.69 Å². The molecule has 0 saturated carbocycles. The second kappa shape index (κ2) is 5.10. The van der Waals surface area contributed by atoms with Gasteiger partial charge in [0.1, 0.15) is 4.90 Å². The van der Waals surface area contributed by atoms with E-state index in [1.807, 2.05) is 24.3 Å². The van der Waals surface area contributed by atoms with Gasteiger partial charge in [0.2, 0.25) is 0 Å². The Morgan fingerprint density at radius 1 is 1.27 bits per heavy atom. The van der Waals surface area contributed by atoms with Gasteiger partial charge in [0.05, 0.1) is 17.1 Å². The summed E-state index contributed by atoms with van der Waals surface area (Å²) in [5.41, 5.74) is 8.89. The third-order valence-corrected chi connectivity index (χ3v) is 6.17. The first-order chi connectivity index (χ1) is 10.3. The van der Waals surface area contributed by atoms with Crippen molar-refractivity contribution >= 4 is 15.7 Å². The van der Waals surface area contributed by atoms with E-state index in [0.717, 1.165) is 5.56 Å². The molecule has 22 heavy (non-hydrogen) atoms. The van der Waals surface area contributed by atoms with Crippen molar-refractivity contribution < 1.29 is 8.42 Å². The number of benzene rings is 1. The molecule has 118 valence electrons. The van der Waals surface area contributed by atoms with Gasteiger partial charge >= 0.3 is 0 Å². The number of aryl methyl sites for hydroxylation is 2. The molecule has 2 aromatic rings. The molecule has 0 radical (unpaired) electrons. The fraction of sp³-hybridized carbons (Fsp3) is 0.400. The second-order valence-electron chi connectivity index (χ2n) is 5.75. The molecule has 0 amide bonds. The molecule has 1 aromatic heterocycles. The fourth-order valence-corrected chi connectivity index (χ4v) is 5.02. The number of hydrogen-bond donors (Lipinski definition) is 1. The van der Waals surface area contributed by atoms with E-state index >= 15 is 0 Å². The molecular formula is C15H20N4O2S. The van der Waals surface area contributed by atoms with Gasteiger partial charge in [0.25, 0.3) is 10.0 Å². The van der Waals surface area contributed by atoms with Crippen LogP contribution >= 0.6 is 0 Å². The van der Waals surface area contributed by atoms with Gasteiger partial charge in [-0.15, -0.1) is 0 Å². The molecule has 3 rings (SSSR count). The Morgan fingerprint density at radius 2 is 1.95 bits per heavy atom. The van der Waals surface area contributed by atoms with Gasteiger partial charge < -0.3 is 5.73 Å². The fourth-order valence-electron chi connectivity index (χ4n) is 3.05. The molecule has 1 atom stereocenters. The minimum absolute atomic E-state index is 0.207. The van der Waals surface area contributed by atoms with Gasteiger partial charge in [0, 0.05) is 19.6 Å². The number of fused-ring (bicyclic) bond motifs is 1. The second-order valence-corrected chi connectivity index (χ2v) is 7.55. The van der Waals surface area contributed by atoms with Crippen LogP contribution in [0.15, 0.2) is 29.2 Å². The number of nitrogens with zero attached hydrogens (tertiary/aromatic N) is 3. The van der Waals surface area contributed by atoms with E-state index in [0.29, 0.717) is 23.5 Å². The average molecular weight is 320 g/mol. The van der Waals surface area contributed by atoms with E-state index in [1.165, 1.54) is 4.31 Å². The summed E-state index contributed by atoms with van der Waals surface area (Å²) in [6, 6.07) is 7.31. The smallest absolute Gasteiger partial charge is 0.268 e. The van der Waals surface area contributed by atoms with Crippen molar-refractivity contribution in [2.24, 2.45) is 12.8 Å². The van der Waals surface area contributed by atoms with Crippen LogP contribution in [0.5, 0.6) is 0 Å². The molecular weight excluding hydrogens is 300 g/mol. The molecule has 0 spiro atoms. The van der Waals surface area contributed by atoms with Crippen molar-refractivity contribution in [1.82, 2.24) is 9.78 Å². The lowest BCUT2D eigenvalue weighted by Crippen LogP contribution is -2.46. The number of sulfonamides is 1. The maximum Gasteiger partial charge on any atom is 0.268 e. The van der Waals surface area contributed by atoms with Crippen molar-refractivity contribution in [3.63, 3.8) is 0 Å². The molecule has 0 saturated heterocycles. The minimum atomic E-state index is -3.68. The van der Waals surface area contributed by atoms with Crippen molar-refractivity contribution in [2.75, 3.05) is 10.8 Å². The summed E-state index contributed by atoms with van der Waals surface area (Å²) in [5, 5.41) is 4.23. The van der Waals surface area contributed by atoms with Crippen LogP contribution in [0.25, 0.3) is 0 Å². The zero-order valence-corrected chi connectivity index (χ0v) is 13.8. The van der Waals surface area contributed by atoms with E-state index in [9.17, 15) is 8.42 Å². The minimum Gasteiger partial charge on any atom is -0.326 e. The lowest BCUT2D eigenvalue weighted by Gasteiger charge is -2.33. The predicted octanol–water partition coefficient (Wildman–Crippen LogP) is 1.12. The standard InChI is InChI=1S/C15H20N4O2S/c1-10-15(11(2)18(3)17-10)22(20,21)19-9-13(16)8-12-6-4-5-7-14(12)19/h4-7,13H,8-9,16H2,1-3H3. The summed E-state index contributed by atoms with van der Waals surface area (Å²) < 4.78 is 29.4. The molecule has 7 heteroatoms. The molecule has 2 heterocycles. The first-order valence-corrected chi connectivity index (χ1v) is 8.63. The zero-order valence-electron chi connectivity index (χ0n) is 12.9.